The zero-order valence-electron chi connectivity index (χ0n) is 11.5. The zero-order valence-corrected chi connectivity index (χ0v) is 11.5. The van der Waals surface area contributed by atoms with Crippen molar-refractivity contribution in [2.24, 2.45) is 5.92 Å². The molecule has 4 heteroatoms. The summed E-state index contributed by atoms with van der Waals surface area (Å²) in [4.78, 5) is 16.9. The molecule has 0 aliphatic carbocycles. The van der Waals surface area contributed by atoms with Gasteiger partial charge in [-0.1, -0.05) is 44.2 Å². The summed E-state index contributed by atoms with van der Waals surface area (Å²) >= 11 is 0. The van der Waals surface area contributed by atoms with Gasteiger partial charge < -0.3 is 4.90 Å². The highest BCUT2D eigenvalue weighted by Crippen LogP contribution is 2.29. The van der Waals surface area contributed by atoms with E-state index in [1.165, 1.54) is 5.56 Å². The van der Waals surface area contributed by atoms with Gasteiger partial charge >= 0.3 is 0 Å². The molecule has 1 amide bonds. The molecule has 1 N–H and O–H groups in total. The van der Waals surface area contributed by atoms with Crippen molar-refractivity contribution < 1.29 is 4.79 Å². The number of carbonyl (C=O) groups is 1. The first-order valence-corrected chi connectivity index (χ1v) is 7.02. The van der Waals surface area contributed by atoms with E-state index in [0.717, 1.165) is 13.1 Å². The Morgan fingerprint density at radius 3 is 2.74 bits per heavy atom. The van der Waals surface area contributed by atoms with Crippen LogP contribution in [0.5, 0.6) is 0 Å². The number of nitrogens with zero attached hydrogens (tertiary/aromatic N) is 2. The lowest BCUT2D eigenvalue weighted by Crippen LogP contribution is -2.43. The monoisotopic (exact) mass is 259 g/mol. The van der Waals surface area contributed by atoms with Crippen LogP contribution >= 0.6 is 0 Å². The highest BCUT2D eigenvalue weighted by Gasteiger charge is 2.48. The van der Waals surface area contributed by atoms with Gasteiger partial charge in [-0.15, -0.1) is 0 Å². The molecule has 2 atom stereocenters. The van der Waals surface area contributed by atoms with E-state index in [4.69, 9.17) is 0 Å². The van der Waals surface area contributed by atoms with Gasteiger partial charge in [-0.2, -0.15) is 0 Å². The quantitative estimate of drug-likeness (QED) is 0.887. The van der Waals surface area contributed by atoms with Crippen molar-refractivity contribution in [2.75, 3.05) is 13.1 Å². The van der Waals surface area contributed by atoms with Crippen molar-refractivity contribution in [3.8, 4) is 0 Å². The normalized spacial score (nSPS) is 27.3. The number of benzene rings is 1. The van der Waals surface area contributed by atoms with Gasteiger partial charge in [0.1, 0.15) is 6.29 Å². The molecule has 1 aromatic rings. The highest BCUT2D eigenvalue weighted by atomic mass is 16.2. The topological polar surface area (TPSA) is 35.6 Å². The summed E-state index contributed by atoms with van der Waals surface area (Å²) in [6.07, 6.45) is 0.0834. The van der Waals surface area contributed by atoms with Crippen LogP contribution in [-0.2, 0) is 11.3 Å². The SMILES string of the molecule is CC(C)C1C(=O)N(Cc2ccccc2)C2NCCN12. The Balaban J connectivity index is 1.83. The van der Waals surface area contributed by atoms with Crippen LogP contribution in [0.2, 0.25) is 0 Å². The number of hydrogen-bond donors (Lipinski definition) is 1. The molecule has 1 aromatic carbocycles. The van der Waals surface area contributed by atoms with Crippen LogP contribution in [0.25, 0.3) is 0 Å². The van der Waals surface area contributed by atoms with Crippen molar-refractivity contribution >= 4 is 5.91 Å². The van der Waals surface area contributed by atoms with Gasteiger partial charge in [0.05, 0.1) is 6.04 Å². The van der Waals surface area contributed by atoms with E-state index >= 15 is 0 Å². The number of carbonyl (C=O) groups excluding carboxylic acids is 1. The Kier molecular flexibility index (Phi) is 3.29. The first-order valence-electron chi connectivity index (χ1n) is 7.02. The molecule has 0 spiro atoms. The van der Waals surface area contributed by atoms with E-state index in [9.17, 15) is 4.79 Å². The Morgan fingerprint density at radius 1 is 1.32 bits per heavy atom. The number of rotatable bonds is 3. The van der Waals surface area contributed by atoms with Crippen LogP contribution in [-0.4, -0.2) is 41.1 Å². The molecule has 0 saturated carbocycles. The second-order valence-corrected chi connectivity index (χ2v) is 5.71. The summed E-state index contributed by atoms with van der Waals surface area (Å²) in [5.41, 5.74) is 1.19. The lowest BCUT2D eigenvalue weighted by Gasteiger charge is -2.24. The number of amides is 1. The summed E-state index contributed by atoms with van der Waals surface area (Å²) in [5, 5.41) is 3.44. The van der Waals surface area contributed by atoms with Crippen LogP contribution in [0.4, 0.5) is 0 Å². The smallest absolute Gasteiger partial charge is 0.242 e. The van der Waals surface area contributed by atoms with Gasteiger partial charge in [-0.25, -0.2) is 0 Å². The Bertz CT molecular complexity index is 460. The van der Waals surface area contributed by atoms with Gasteiger partial charge in [0.2, 0.25) is 5.91 Å². The number of hydrogen-bond acceptors (Lipinski definition) is 3. The molecule has 0 bridgehead atoms. The fourth-order valence-electron chi connectivity index (χ4n) is 3.19. The third-order valence-corrected chi connectivity index (χ3v) is 4.03. The van der Waals surface area contributed by atoms with E-state index in [1.54, 1.807) is 0 Å². The van der Waals surface area contributed by atoms with E-state index < -0.39 is 0 Å². The molecule has 2 fully saturated rings. The van der Waals surface area contributed by atoms with Crippen LogP contribution in [0.15, 0.2) is 30.3 Å². The zero-order chi connectivity index (χ0) is 13.4. The largest absolute Gasteiger partial charge is 0.308 e. The van der Waals surface area contributed by atoms with Crippen LogP contribution in [0.1, 0.15) is 19.4 Å². The number of nitrogens with one attached hydrogen (secondary N) is 1. The fourth-order valence-corrected chi connectivity index (χ4v) is 3.19. The van der Waals surface area contributed by atoms with E-state index in [2.05, 4.69) is 36.2 Å². The molecule has 2 saturated heterocycles. The third-order valence-electron chi connectivity index (χ3n) is 4.03. The van der Waals surface area contributed by atoms with Crippen molar-refractivity contribution in [1.82, 2.24) is 15.1 Å². The lowest BCUT2D eigenvalue weighted by atomic mass is 10.0. The molecule has 2 unspecified atom stereocenters. The van der Waals surface area contributed by atoms with Gasteiger partial charge in [0.25, 0.3) is 0 Å². The summed E-state index contributed by atoms with van der Waals surface area (Å²) in [5.74, 6) is 0.617. The summed E-state index contributed by atoms with van der Waals surface area (Å²) in [7, 11) is 0. The van der Waals surface area contributed by atoms with Gasteiger partial charge in [-0.3, -0.25) is 15.0 Å². The first-order chi connectivity index (χ1) is 9.18. The molecule has 0 aromatic heterocycles. The van der Waals surface area contributed by atoms with Crippen LogP contribution in [0, 0.1) is 5.92 Å². The minimum Gasteiger partial charge on any atom is -0.308 e. The Labute approximate surface area is 114 Å². The standard InChI is InChI=1S/C15H21N3O/c1-11(2)13-14(19)18(15-16-8-9-17(13)15)10-12-6-4-3-5-7-12/h3-7,11,13,15-16H,8-10H2,1-2H3. The molecular formula is C15H21N3O. The molecular weight excluding hydrogens is 238 g/mol. The molecule has 102 valence electrons. The molecule has 19 heavy (non-hydrogen) atoms. The Hall–Kier alpha value is -1.39. The van der Waals surface area contributed by atoms with Crippen LogP contribution in [0.3, 0.4) is 0 Å². The Morgan fingerprint density at radius 2 is 2.05 bits per heavy atom. The molecule has 2 aliphatic rings. The van der Waals surface area contributed by atoms with E-state index in [-0.39, 0.29) is 18.2 Å². The predicted molar refractivity (Wildman–Crippen MR) is 74.1 cm³/mol. The minimum atomic E-state index is 0.0312. The third kappa shape index (κ3) is 2.15. The van der Waals surface area contributed by atoms with Gasteiger partial charge in [0, 0.05) is 19.6 Å². The minimum absolute atomic E-state index is 0.0312. The molecule has 0 radical (unpaired) electrons. The maximum atomic E-state index is 12.6. The van der Waals surface area contributed by atoms with Crippen molar-refractivity contribution in [1.29, 1.82) is 0 Å². The highest BCUT2D eigenvalue weighted by molar-refractivity contribution is 5.84. The van der Waals surface area contributed by atoms with Gasteiger partial charge in [0.15, 0.2) is 0 Å². The lowest BCUT2D eigenvalue weighted by molar-refractivity contribution is -0.131. The van der Waals surface area contributed by atoms with Crippen molar-refractivity contribution in [3.63, 3.8) is 0 Å². The van der Waals surface area contributed by atoms with Crippen molar-refractivity contribution in [2.45, 2.75) is 32.7 Å². The molecule has 3 rings (SSSR count). The maximum absolute atomic E-state index is 12.6. The fraction of sp³-hybridized carbons (Fsp3) is 0.533. The van der Waals surface area contributed by atoms with E-state index in [1.807, 2.05) is 23.1 Å². The van der Waals surface area contributed by atoms with Crippen molar-refractivity contribution in [3.05, 3.63) is 35.9 Å². The van der Waals surface area contributed by atoms with Crippen LogP contribution < -0.4 is 5.32 Å². The predicted octanol–water partition coefficient (Wildman–Crippen LogP) is 1.24. The summed E-state index contributed by atoms with van der Waals surface area (Å²) in [6, 6.07) is 10.2. The molecule has 2 heterocycles. The molecule has 2 aliphatic heterocycles. The maximum Gasteiger partial charge on any atom is 0.242 e. The summed E-state index contributed by atoms with van der Waals surface area (Å²) < 4.78 is 0. The second-order valence-electron chi connectivity index (χ2n) is 5.71. The number of fused-ring (bicyclic) bond motifs is 1. The molecule has 4 nitrogen and oxygen atoms in total. The average Bonchev–Trinajstić information content (AvgIpc) is 2.93. The summed E-state index contributed by atoms with van der Waals surface area (Å²) in [6.45, 7) is 6.88. The van der Waals surface area contributed by atoms with Gasteiger partial charge in [-0.05, 0) is 11.5 Å². The average molecular weight is 259 g/mol. The first kappa shape index (κ1) is 12.6. The second kappa shape index (κ2) is 4.94. The van der Waals surface area contributed by atoms with E-state index in [0.29, 0.717) is 12.5 Å².